The van der Waals surface area contributed by atoms with Gasteiger partial charge in [0.2, 0.25) is 17.7 Å². The summed E-state index contributed by atoms with van der Waals surface area (Å²) in [5.74, 6) is -0.475. The van der Waals surface area contributed by atoms with E-state index in [1.54, 1.807) is 24.3 Å². The maximum Gasteiger partial charge on any atom is 0.244 e. The summed E-state index contributed by atoms with van der Waals surface area (Å²) in [4.78, 5) is 42.2. The molecule has 0 atom stereocenters. The van der Waals surface area contributed by atoms with E-state index in [1.807, 2.05) is 19.2 Å². The van der Waals surface area contributed by atoms with Gasteiger partial charge in [0.05, 0.1) is 17.1 Å². The topological polar surface area (TPSA) is 91.4 Å². The molecule has 0 unspecified atom stereocenters. The molecule has 2 heterocycles. The average Bonchev–Trinajstić information content (AvgIpc) is 3.07. The van der Waals surface area contributed by atoms with Crippen LogP contribution in [0.2, 0.25) is 0 Å². The zero-order valence-corrected chi connectivity index (χ0v) is 15.4. The van der Waals surface area contributed by atoms with E-state index < -0.39 is 0 Å². The first-order valence-corrected chi connectivity index (χ1v) is 9.26. The molecule has 0 bridgehead atoms. The molecule has 3 amide bonds. The second-order valence-corrected chi connectivity index (χ2v) is 7.18. The molecule has 7 nitrogen and oxygen atoms in total. The molecule has 0 fully saturated rings. The molecule has 0 spiro atoms. The third-order valence-corrected chi connectivity index (χ3v) is 4.77. The maximum atomic E-state index is 12.5. The summed E-state index contributed by atoms with van der Waals surface area (Å²) in [7, 11) is 0. The third kappa shape index (κ3) is 4.08. The van der Waals surface area contributed by atoms with Crippen molar-refractivity contribution >= 4 is 45.6 Å². The Labute approximate surface area is 155 Å². The van der Waals surface area contributed by atoms with Crippen LogP contribution < -0.4 is 15.5 Å². The van der Waals surface area contributed by atoms with Crippen LogP contribution >= 0.6 is 11.3 Å². The van der Waals surface area contributed by atoms with E-state index >= 15 is 0 Å². The van der Waals surface area contributed by atoms with E-state index in [9.17, 15) is 14.4 Å². The number of nitrogens with one attached hydrogen (secondary N) is 2. The lowest BCUT2D eigenvalue weighted by molar-refractivity contribution is -0.124. The standard InChI is InChI=1S/C18H20N4O3S/c1-11(2)13-10-26-18(20-13)21-15(23)7-8-17(25)22-9-16(24)19-12-5-3-4-6-14(12)22/h3-6,10-11H,7-9H2,1-2H3,(H,19,24)(H,20,21,23). The molecule has 26 heavy (non-hydrogen) atoms. The molecule has 0 aliphatic carbocycles. The Balaban J connectivity index is 1.58. The van der Waals surface area contributed by atoms with Gasteiger partial charge in [0.1, 0.15) is 6.54 Å². The van der Waals surface area contributed by atoms with Gasteiger partial charge >= 0.3 is 0 Å². The number of carbonyl (C=O) groups excluding carboxylic acids is 3. The van der Waals surface area contributed by atoms with Gasteiger partial charge in [0.15, 0.2) is 5.13 Å². The summed E-state index contributed by atoms with van der Waals surface area (Å²) in [5.41, 5.74) is 2.18. The molecule has 1 aliphatic heterocycles. The van der Waals surface area contributed by atoms with E-state index in [2.05, 4.69) is 15.6 Å². The first-order valence-electron chi connectivity index (χ1n) is 8.38. The minimum Gasteiger partial charge on any atom is -0.323 e. The maximum absolute atomic E-state index is 12.5. The molecule has 8 heteroatoms. The number of fused-ring (bicyclic) bond motifs is 1. The highest BCUT2D eigenvalue weighted by Gasteiger charge is 2.26. The number of anilines is 3. The Hall–Kier alpha value is -2.74. The molecule has 3 rings (SSSR count). The molecule has 2 N–H and O–H groups in total. The van der Waals surface area contributed by atoms with Crippen molar-refractivity contribution in [1.29, 1.82) is 0 Å². The SMILES string of the molecule is CC(C)c1csc(NC(=O)CCC(=O)N2CC(=O)Nc3ccccc32)n1. The predicted molar refractivity (Wildman–Crippen MR) is 101 cm³/mol. The molecule has 1 aliphatic rings. The van der Waals surface area contributed by atoms with Crippen LogP contribution in [0.1, 0.15) is 38.3 Å². The molecule has 1 aromatic carbocycles. The average molecular weight is 372 g/mol. The Bertz CT molecular complexity index is 846. The van der Waals surface area contributed by atoms with Crippen LogP contribution in [-0.4, -0.2) is 29.3 Å². The van der Waals surface area contributed by atoms with E-state index in [-0.39, 0.29) is 37.1 Å². The fraction of sp³-hybridized carbons (Fsp3) is 0.333. The Morgan fingerprint density at radius 3 is 2.81 bits per heavy atom. The number of thiazole rings is 1. The summed E-state index contributed by atoms with van der Waals surface area (Å²) in [5, 5.41) is 7.90. The highest BCUT2D eigenvalue weighted by Crippen LogP contribution is 2.29. The summed E-state index contributed by atoms with van der Waals surface area (Å²) >= 11 is 1.37. The van der Waals surface area contributed by atoms with Gasteiger partial charge < -0.3 is 15.5 Å². The van der Waals surface area contributed by atoms with Gasteiger partial charge in [-0.1, -0.05) is 26.0 Å². The lowest BCUT2D eigenvalue weighted by atomic mass is 10.1. The van der Waals surface area contributed by atoms with Crippen LogP contribution in [0.4, 0.5) is 16.5 Å². The summed E-state index contributed by atoms with van der Waals surface area (Å²) < 4.78 is 0. The second kappa shape index (κ2) is 7.65. The first-order chi connectivity index (χ1) is 12.4. The Kier molecular flexibility index (Phi) is 5.32. The van der Waals surface area contributed by atoms with Gasteiger partial charge in [-0.05, 0) is 18.1 Å². The molecular weight excluding hydrogens is 352 g/mol. The number of aromatic nitrogens is 1. The largest absolute Gasteiger partial charge is 0.323 e. The van der Waals surface area contributed by atoms with Gasteiger partial charge in [-0.2, -0.15) is 0 Å². The van der Waals surface area contributed by atoms with E-state index in [0.29, 0.717) is 22.4 Å². The zero-order chi connectivity index (χ0) is 18.7. The molecule has 0 saturated heterocycles. The van der Waals surface area contributed by atoms with Crippen LogP contribution in [0.5, 0.6) is 0 Å². The number of carbonyl (C=O) groups is 3. The monoisotopic (exact) mass is 372 g/mol. The first kappa shape index (κ1) is 18.1. The van der Waals surface area contributed by atoms with Crippen molar-refractivity contribution in [3.63, 3.8) is 0 Å². The van der Waals surface area contributed by atoms with Crippen LogP contribution in [0.15, 0.2) is 29.6 Å². The van der Waals surface area contributed by atoms with Crippen molar-refractivity contribution in [1.82, 2.24) is 4.98 Å². The Morgan fingerprint density at radius 1 is 1.31 bits per heavy atom. The van der Waals surface area contributed by atoms with Crippen LogP contribution in [-0.2, 0) is 14.4 Å². The van der Waals surface area contributed by atoms with Crippen LogP contribution in [0.3, 0.4) is 0 Å². The van der Waals surface area contributed by atoms with Crippen molar-refractivity contribution in [3.8, 4) is 0 Å². The second-order valence-electron chi connectivity index (χ2n) is 6.33. The number of rotatable bonds is 5. The zero-order valence-electron chi connectivity index (χ0n) is 14.6. The van der Waals surface area contributed by atoms with Gasteiger partial charge in [-0.15, -0.1) is 11.3 Å². The van der Waals surface area contributed by atoms with Gasteiger partial charge in [0, 0.05) is 18.2 Å². The number of hydrogen-bond donors (Lipinski definition) is 2. The summed E-state index contributed by atoms with van der Waals surface area (Å²) in [6.07, 6.45) is 0.0611. The number of amides is 3. The van der Waals surface area contributed by atoms with Crippen LogP contribution in [0.25, 0.3) is 0 Å². The van der Waals surface area contributed by atoms with Crippen molar-refractivity contribution in [3.05, 3.63) is 35.3 Å². The van der Waals surface area contributed by atoms with Crippen molar-refractivity contribution in [2.45, 2.75) is 32.6 Å². The van der Waals surface area contributed by atoms with E-state index in [1.165, 1.54) is 16.2 Å². The predicted octanol–water partition coefficient (Wildman–Crippen LogP) is 2.97. The minimum absolute atomic E-state index is 0.0237. The summed E-state index contributed by atoms with van der Waals surface area (Å²) in [6.45, 7) is 4.03. The van der Waals surface area contributed by atoms with E-state index in [0.717, 1.165) is 5.69 Å². The number of nitrogens with zero attached hydrogens (tertiary/aromatic N) is 2. The molecule has 0 radical (unpaired) electrons. The third-order valence-electron chi connectivity index (χ3n) is 4.00. The normalized spacial score (nSPS) is 13.3. The van der Waals surface area contributed by atoms with Crippen LogP contribution in [0, 0.1) is 0 Å². The molecule has 1 aromatic heterocycles. The lowest BCUT2D eigenvalue weighted by Gasteiger charge is -2.29. The number of benzene rings is 1. The van der Waals surface area contributed by atoms with Crippen molar-refractivity contribution in [2.24, 2.45) is 0 Å². The number of para-hydroxylation sites is 2. The fourth-order valence-electron chi connectivity index (χ4n) is 2.60. The van der Waals surface area contributed by atoms with Crippen molar-refractivity contribution in [2.75, 3.05) is 22.1 Å². The van der Waals surface area contributed by atoms with Gasteiger partial charge in [-0.3, -0.25) is 14.4 Å². The minimum atomic E-state index is -0.266. The molecule has 0 saturated carbocycles. The highest BCUT2D eigenvalue weighted by molar-refractivity contribution is 7.13. The van der Waals surface area contributed by atoms with Gasteiger partial charge in [0.25, 0.3) is 0 Å². The van der Waals surface area contributed by atoms with Gasteiger partial charge in [-0.25, -0.2) is 4.98 Å². The summed E-state index contributed by atoms with van der Waals surface area (Å²) in [6, 6.07) is 7.11. The molecule has 2 aromatic rings. The van der Waals surface area contributed by atoms with E-state index in [4.69, 9.17) is 0 Å². The number of hydrogen-bond acceptors (Lipinski definition) is 5. The highest BCUT2D eigenvalue weighted by atomic mass is 32.1. The Morgan fingerprint density at radius 2 is 2.08 bits per heavy atom. The quantitative estimate of drug-likeness (QED) is 0.844. The smallest absolute Gasteiger partial charge is 0.244 e. The lowest BCUT2D eigenvalue weighted by Crippen LogP contribution is -2.42. The van der Waals surface area contributed by atoms with Crippen molar-refractivity contribution < 1.29 is 14.4 Å². The molecule has 136 valence electrons. The fourth-order valence-corrected chi connectivity index (χ4v) is 3.49. The molecular formula is C18H20N4O3S.